The molecule has 4 nitrogen and oxygen atoms in total. The third kappa shape index (κ3) is 2.60. The highest BCUT2D eigenvalue weighted by Gasteiger charge is 2.50. The van der Waals surface area contributed by atoms with Crippen LogP contribution in [0.4, 0.5) is 5.69 Å². The monoisotopic (exact) mass is 373 g/mol. The summed E-state index contributed by atoms with van der Waals surface area (Å²) < 4.78 is 0.868. The van der Waals surface area contributed by atoms with Gasteiger partial charge in [0.25, 0.3) is 5.91 Å². The van der Waals surface area contributed by atoms with Crippen molar-refractivity contribution in [2.24, 2.45) is 0 Å². The summed E-state index contributed by atoms with van der Waals surface area (Å²) in [5, 5.41) is 11.0. The van der Waals surface area contributed by atoms with Crippen molar-refractivity contribution in [2.75, 3.05) is 11.4 Å². The minimum Gasteiger partial charge on any atom is -0.375 e. The standard InChI is InChI=1S/C18H16BrNO3/c1-2-20-15-6-4-3-5-14(15)18(23,17(20)22)11-16(21)12-7-9-13(19)10-8-12/h3-10,23H,2,11H2,1H3/t18-/m0/s1. The maximum atomic E-state index is 12.7. The Morgan fingerprint density at radius 2 is 1.83 bits per heavy atom. The molecule has 118 valence electrons. The van der Waals surface area contributed by atoms with Crippen LogP contribution in [-0.4, -0.2) is 23.3 Å². The van der Waals surface area contributed by atoms with Crippen LogP contribution in [0.2, 0.25) is 0 Å². The second-order valence-electron chi connectivity index (χ2n) is 5.53. The summed E-state index contributed by atoms with van der Waals surface area (Å²) in [5.74, 6) is -0.701. The molecule has 0 bridgehead atoms. The molecule has 0 saturated carbocycles. The lowest BCUT2D eigenvalue weighted by molar-refractivity contribution is -0.135. The second kappa shape index (κ2) is 5.91. The molecule has 0 spiro atoms. The summed E-state index contributed by atoms with van der Waals surface area (Å²) in [6.07, 6.45) is -0.263. The Labute approximate surface area is 142 Å². The average molecular weight is 374 g/mol. The van der Waals surface area contributed by atoms with Gasteiger partial charge < -0.3 is 10.0 Å². The molecule has 1 atom stereocenters. The normalized spacial score (nSPS) is 19.8. The molecule has 23 heavy (non-hydrogen) atoms. The van der Waals surface area contributed by atoms with E-state index < -0.39 is 11.5 Å². The molecular weight excluding hydrogens is 358 g/mol. The van der Waals surface area contributed by atoms with Crippen LogP contribution in [0.1, 0.15) is 29.3 Å². The minimum atomic E-state index is -1.79. The summed E-state index contributed by atoms with van der Waals surface area (Å²) in [5.41, 5.74) is -0.151. The zero-order valence-corrected chi connectivity index (χ0v) is 14.2. The minimum absolute atomic E-state index is 0.263. The molecule has 1 aliphatic heterocycles. The molecule has 0 unspecified atom stereocenters. The van der Waals surface area contributed by atoms with Gasteiger partial charge in [-0.2, -0.15) is 0 Å². The number of benzene rings is 2. The SMILES string of the molecule is CCN1C(=O)[C@](O)(CC(=O)c2ccc(Br)cc2)c2ccccc21. The summed E-state index contributed by atoms with van der Waals surface area (Å²) in [6, 6.07) is 14.0. The van der Waals surface area contributed by atoms with Gasteiger partial charge in [-0.05, 0) is 25.1 Å². The van der Waals surface area contributed by atoms with E-state index >= 15 is 0 Å². The number of halogens is 1. The number of nitrogens with zero attached hydrogens (tertiary/aromatic N) is 1. The van der Waals surface area contributed by atoms with E-state index in [0.717, 1.165) is 4.47 Å². The van der Waals surface area contributed by atoms with Crippen LogP contribution >= 0.6 is 15.9 Å². The van der Waals surface area contributed by atoms with Gasteiger partial charge in [0.05, 0.1) is 12.1 Å². The Bertz CT molecular complexity index is 772. The van der Waals surface area contributed by atoms with Crippen LogP contribution in [0, 0.1) is 0 Å². The lowest BCUT2D eigenvalue weighted by Crippen LogP contribution is -2.41. The van der Waals surface area contributed by atoms with Crippen molar-refractivity contribution in [3.63, 3.8) is 0 Å². The summed E-state index contributed by atoms with van der Waals surface area (Å²) >= 11 is 3.32. The van der Waals surface area contributed by atoms with E-state index in [4.69, 9.17) is 0 Å². The highest BCUT2D eigenvalue weighted by Crippen LogP contribution is 2.42. The number of carbonyl (C=O) groups is 2. The number of aliphatic hydroxyl groups is 1. The van der Waals surface area contributed by atoms with E-state index in [-0.39, 0.29) is 12.2 Å². The fourth-order valence-corrected chi connectivity index (χ4v) is 3.23. The summed E-state index contributed by atoms with van der Waals surface area (Å²) in [4.78, 5) is 26.7. The summed E-state index contributed by atoms with van der Waals surface area (Å²) in [7, 11) is 0. The van der Waals surface area contributed by atoms with E-state index in [2.05, 4.69) is 15.9 Å². The maximum absolute atomic E-state index is 12.7. The highest BCUT2D eigenvalue weighted by atomic mass is 79.9. The first-order valence-electron chi connectivity index (χ1n) is 7.40. The summed E-state index contributed by atoms with van der Waals surface area (Å²) in [6.45, 7) is 2.29. The Hall–Kier alpha value is -1.98. The predicted octanol–water partition coefficient (Wildman–Crippen LogP) is 3.28. The van der Waals surface area contributed by atoms with Crippen molar-refractivity contribution in [1.29, 1.82) is 0 Å². The van der Waals surface area contributed by atoms with Gasteiger partial charge in [0.2, 0.25) is 0 Å². The van der Waals surface area contributed by atoms with E-state index in [1.165, 1.54) is 4.90 Å². The average Bonchev–Trinajstić information content (AvgIpc) is 2.76. The van der Waals surface area contributed by atoms with Crippen molar-refractivity contribution >= 4 is 33.3 Å². The van der Waals surface area contributed by atoms with Gasteiger partial charge >= 0.3 is 0 Å². The zero-order valence-electron chi connectivity index (χ0n) is 12.6. The van der Waals surface area contributed by atoms with Gasteiger partial charge in [0, 0.05) is 22.1 Å². The van der Waals surface area contributed by atoms with Crippen LogP contribution in [-0.2, 0) is 10.4 Å². The Morgan fingerprint density at radius 3 is 2.48 bits per heavy atom. The van der Waals surface area contributed by atoms with Gasteiger partial charge in [-0.3, -0.25) is 9.59 Å². The van der Waals surface area contributed by atoms with Crippen molar-refractivity contribution < 1.29 is 14.7 Å². The lowest BCUT2D eigenvalue weighted by Gasteiger charge is -2.22. The molecule has 0 aromatic heterocycles. The fraction of sp³-hybridized carbons (Fsp3) is 0.222. The Kier molecular flexibility index (Phi) is 4.08. The maximum Gasteiger partial charge on any atom is 0.264 e. The number of fused-ring (bicyclic) bond motifs is 1. The number of amides is 1. The third-order valence-corrected chi connectivity index (χ3v) is 4.67. The van der Waals surface area contributed by atoms with Crippen LogP contribution in [0.25, 0.3) is 0 Å². The largest absolute Gasteiger partial charge is 0.375 e. The number of Topliss-reactive ketones (excluding diaryl/α,β-unsaturated/α-hetero) is 1. The molecular formula is C18H16BrNO3. The number of hydrogen-bond acceptors (Lipinski definition) is 3. The van der Waals surface area contributed by atoms with E-state index in [0.29, 0.717) is 23.4 Å². The van der Waals surface area contributed by atoms with E-state index in [1.807, 2.05) is 13.0 Å². The zero-order chi connectivity index (χ0) is 16.6. The topological polar surface area (TPSA) is 57.6 Å². The van der Waals surface area contributed by atoms with Gasteiger partial charge in [0.15, 0.2) is 11.4 Å². The number of ketones is 1. The molecule has 0 aliphatic carbocycles. The van der Waals surface area contributed by atoms with Gasteiger partial charge in [-0.1, -0.05) is 46.3 Å². The van der Waals surface area contributed by atoms with Gasteiger partial charge in [-0.15, -0.1) is 0 Å². The molecule has 2 aromatic carbocycles. The number of carbonyl (C=O) groups excluding carboxylic acids is 2. The number of rotatable bonds is 4. The first-order chi connectivity index (χ1) is 11.0. The van der Waals surface area contributed by atoms with Gasteiger partial charge in [0.1, 0.15) is 0 Å². The first kappa shape index (κ1) is 15.9. The Morgan fingerprint density at radius 1 is 1.17 bits per heavy atom. The van der Waals surface area contributed by atoms with E-state index in [9.17, 15) is 14.7 Å². The Balaban J connectivity index is 1.96. The number of hydrogen-bond donors (Lipinski definition) is 1. The number of anilines is 1. The van der Waals surface area contributed by atoms with Gasteiger partial charge in [-0.25, -0.2) is 0 Å². The fourth-order valence-electron chi connectivity index (χ4n) is 2.96. The molecule has 1 aliphatic rings. The second-order valence-corrected chi connectivity index (χ2v) is 6.45. The smallest absolute Gasteiger partial charge is 0.264 e. The van der Waals surface area contributed by atoms with Crippen molar-refractivity contribution in [2.45, 2.75) is 18.9 Å². The molecule has 0 saturated heterocycles. The molecule has 2 aromatic rings. The van der Waals surface area contributed by atoms with Crippen molar-refractivity contribution in [3.8, 4) is 0 Å². The molecule has 0 fully saturated rings. The quantitative estimate of drug-likeness (QED) is 0.836. The highest BCUT2D eigenvalue weighted by molar-refractivity contribution is 9.10. The molecule has 0 radical (unpaired) electrons. The van der Waals surface area contributed by atoms with Crippen LogP contribution in [0.15, 0.2) is 53.0 Å². The molecule has 5 heteroatoms. The molecule has 1 heterocycles. The van der Waals surface area contributed by atoms with E-state index in [1.54, 1.807) is 42.5 Å². The predicted molar refractivity (Wildman–Crippen MR) is 91.5 cm³/mol. The van der Waals surface area contributed by atoms with Crippen molar-refractivity contribution in [3.05, 3.63) is 64.1 Å². The van der Waals surface area contributed by atoms with Crippen LogP contribution < -0.4 is 4.90 Å². The third-order valence-electron chi connectivity index (χ3n) is 4.14. The molecule has 1 amide bonds. The molecule has 3 rings (SSSR count). The lowest BCUT2D eigenvalue weighted by atomic mass is 9.88. The number of likely N-dealkylation sites (N-methyl/N-ethyl adjacent to an activating group) is 1. The first-order valence-corrected chi connectivity index (χ1v) is 8.19. The van der Waals surface area contributed by atoms with Crippen molar-refractivity contribution in [1.82, 2.24) is 0 Å². The number of para-hydroxylation sites is 1. The molecule has 1 N–H and O–H groups in total. The van der Waals surface area contributed by atoms with Crippen LogP contribution in [0.5, 0.6) is 0 Å². The van der Waals surface area contributed by atoms with Crippen LogP contribution in [0.3, 0.4) is 0 Å².